The van der Waals surface area contributed by atoms with E-state index in [4.69, 9.17) is 49.7 Å². The molecule has 14 nitrogen and oxygen atoms in total. The zero-order chi connectivity index (χ0) is 29.9. The van der Waals surface area contributed by atoms with E-state index in [1.54, 1.807) is 21.8 Å². The van der Waals surface area contributed by atoms with Gasteiger partial charge in [-0.1, -0.05) is 0 Å². The molecule has 4 N–H and O–H groups in total. The normalized spacial score (nSPS) is 10.9. The first-order valence-electron chi connectivity index (χ1n) is 11.9. The van der Waals surface area contributed by atoms with Crippen LogP contribution in [0.25, 0.3) is 0 Å². The number of nitrogens with zero attached hydrogens (tertiary/aromatic N) is 10. The van der Waals surface area contributed by atoms with Crippen LogP contribution in [0.15, 0.2) is 33.0 Å². The zero-order valence-corrected chi connectivity index (χ0v) is 31.9. The third-order valence-corrected chi connectivity index (χ3v) is 7.77. The van der Waals surface area contributed by atoms with Gasteiger partial charge in [-0.3, -0.25) is 0 Å². The Bertz CT molecular complexity index is 1010. The van der Waals surface area contributed by atoms with E-state index < -0.39 is 0 Å². The molecule has 0 saturated carbocycles. The third-order valence-electron chi connectivity index (χ3n) is 4.49. The topological polar surface area (TPSA) is 141 Å². The molecule has 0 aromatic carbocycles. The first-order valence-corrected chi connectivity index (χ1v) is 15.3. The van der Waals surface area contributed by atoms with Gasteiger partial charge in [0.15, 0.2) is 0 Å². The van der Waals surface area contributed by atoms with E-state index in [9.17, 15) is 0 Å². The van der Waals surface area contributed by atoms with E-state index in [1.807, 2.05) is 38.0 Å². The second-order valence-electron chi connectivity index (χ2n) is 8.10. The number of rotatable bonds is 12. The maximum absolute atomic E-state index is 5.16. The summed E-state index contributed by atoms with van der Waals surface area (Å²) in [5, 5.41) is 29.4. The van der Waals surface area contributed by atoms with Crippen molar-refractivity contribution in [2.45, 2.75) is 23.4 Å². The average Bonchev–Trinajstić information content (AvgIpc) is 3.51. The molecule has 0 saturated heterocycles. The van der Waals surface area contributed by atoms with Crippen LogP contribution in [0.1, 0.15) is 0 Å². The summed E-state index contributed by atoms with van der Waals surface area (Å²) in [4.78, 5) is 12.5. The molecule has 2 heterocycles. The third kappa shape index (κ3) is 18.9. The smallest absolute Gasteiger partial charge is 3.00 e. The maximum atomic E-state index is 5.16. The van der Waals surface area contributed by atoms with Crippen molar-refractivity contribution in [2.24, 2.45) is 9.98 Å². The zero-order valence-electron chi connectivity index (χ0n) is 23.0. The molecule has 21 heteroatoms. The molecule has 0 fully saturated rings. The van der Waals surface area contributed by atoms with Crippen LogP contribution in [0.5, 0.6) is 0 Å². The molecule has 0 atom stereocenters. The van der Waals surface area contributed by atoms with Gasteiger partial charge in [-0.25, -0.2) is 0 Å². The fourth-order valence-corrected chi connectivity index (χ4v) is 3.59. The van der Waals surface area contributed by atoms with Gasteiger partial charge in [-0.05, 0) is 0 Å². The van der Waals surface area contributed by atoms with Crippen LogP contribution in [-0.4, -0.2) is 159 Å². The van der Waals surface area contributed by atoms with Gasteiger partial charge in [0.1, 0.15) is 0 Å². The van der Waals surface area contributed by atoms with Crippen LogP contribution in [-0.2, 0) is 60.7 Å². The second kappa shape index (κ2) is 23.3. The van der Waals surface area contributed by atoms with Gasteiger partial charge in [-0.2, -0.15) is 0 Å². The van der Waals surface area contributed by atoms with Crippen molar-refractivity contribution in [1.82, 2.24) is 60.6 Å². The molecule has 2 aromatic rings. The standard InChI is InChI=1S/2C10H18N7S2Se.Au/c2*1-16(2)10(20)13-4-3-11-8(18)12-5-6-17-7-14-15-9(17)19;/h2*7H,3-6H2,1-2H3,(H,15,19)(H2,11,12,18);/q;;+3/p-2. The second-order valence-corrected chi connectivity index (χ2v) is 11.2. The summed E-state index contributed by atoms with van der Waals surface area (Å²) in [7, 11) is 7.75. The van der Waals surface area contributed by atoms with Gasteiger partial charge in [0.25, 0.3) is 0 Å². The summed E-state index contributed by atoms with van der Waals surface area (Å²) in [5.41, 5.74) is 0. The van der Waals surface area contributed by atoms with Crippen molar-refractivity contribution in [1.29, 1.82) is 0 Å². The van der Waals surface area contributed by atoms with E-state index in [0.29, 0.717) is 72.9 Å². The molecule has 2 radical (unpaired) electrons. The van der Waals surface area contributed by atoms with E-state index in [0.717, 1.165) is 9.47 Å². The molecule has 0 aliphatic heterocycles. The molecule has 230 valence electrons. The van der Waals surface area contributed by atoms with E-state index in [1.165, 1.54) is 0 Å². The van der Waals surface area contributed by atoms with Gasteiger partial charge in [0.05, 0.1) is 0 Å². The van der Waals surface area contributed by atoms with Crippen molar-refractivity contribution in [2.75, 3.05) is 67.5 Å². The van der Waals surface area contributed by atoms with Crippen LogP contribution in [0.3, 0.4) is 0 Å². The van der Waals surface area contributed by atoms with E-state index >= 15 is 0 Å². The fraction of sp³-hybridized carbons (Fsp3) is 0.600. The minimum Gasteiger partial charge on any atom is 3.00 e. The molecule has 0 spiro atoms. The number of aliphatic imine (C=N–C) groups is 2. The van der Waals surface area contributed by atoms with Crippen LogP contribution >= 0.6 is 24.4 Å². The Kier molecular flexibility index (Phi) is 22.6. The Hall–Kier alpha value is -1.18. The summed E-state index contributed by atoms with van der Waals surface area (Å²) in [6, 6.07) is 0. The molecular weight excluding hydrogens is 919 g/mol. The van der Waals surface area contributed by atoms with Crippen LogP contribution in [0, 0.1) is 0 Å². The Labute approximate surface area is 295 Å². The molecule has 0 unspecified atom stereocenters. The Balaban J connectivity index is 0.000000762. The summed E-state index contributed by atoms with van der Waals surface area (Å²) in [5.74, 6) is 0. The Morgan fingerprint density at radius 2 is 1.10 bits per heavy atom. The Morgan fingerprint density at radius 3 is 1.39 bits per heavy atom. The first-order chi connectivity index (χ1) is 19.0. The molecule has 0 bridgehead atoms. The van der Waals surface area contributed by atoms with Gasteiger partial charge in [0, 0.05) is 0 Å². The van der Waals surface area contributed by atoms with Gasteiger partial charge in [-0.15, -0.1) is 0 Å². The fourth-order valence-electron chi connectivity index (χ4n) is 2.43. The summed E-state index contributed by atoms with van der Waals surface area (Å²) in [6.45, 7) is 5.38. The number of amidine groups is 2. The molecule has 2 rings (SSSR count). The predicted octanol–water partition coefficient (Wildman–Crippen LogP) is -2.53. The van der Waals surface area contributed by atoms with Crippen molar-refractivity contribution in [3.63, 3.8) is 0 Å². The van der Waals surface area contributed by atoms with Gasteiger partial charge in [0.2, 0.25) is 0 Å². The van der Waals surface area contributed by atoms with Gasteiger partial charge >= 0.3 is 298 Å². The van der Waals surface area contributed by atoms with Crippen molar-refractivity contribution < 1.29 is 22.4 Å². The molecule has 41 heavy (non-hydrogen) atoms. The summed E-state index contributed by atoms with van der Waals surface area (Å²) >= 11 is 26.1. The Morgan fingerprint density at radius 1 is 0.756 bits per heavy atom. The minimum atomic E-state index is 0. The number of aromatic nitrogens is 6. The van der Waals surface area contributed by atoms with Crippen LogP contribution in [0.4, 0.5) is 0 Å². The first kappa shape index (κ1) is 39.8. The van der Waals surface area contributed by atoms with Crippen molar-refractivity contribution in [3.05, 3.63) is 12.7 Å². The minimum absolute atomic E-state index is 0. The quantitative estimate of drug-likeness (QED) is 0.0445. The average molecular weight is 954 g/mol. The summed E-state index contributed by atoms with van der Waals surface area (Å²) < 4.78 is 5.31. The number of nitrogens with one attached hydrogen (secondary N) is 4. The molecule has 0 aliphatic carbocycles. The van der Waals surface area contributed by atoms with Crippen LogP contribution < -0.4 is 21.3 Å². The molecule has 0 aliphatic rings. The van der Waals surface area contributed by atoms with Crippen LogP contribution in [0.2, 0.25) is 0 Å². The van der Waals surface area contributed by atoms with E-state index in [2.05, 4.69) is 83.7 Å². The van der Waals surface area contributed by atoms with Crippen molar-refractivity contribution in [3.8, 4) is 0 Å². The predicted molar refractivity (Wildman–Crippen MR) is 172 cm³/mol. The SMILES string of the molecule is CN(C)C([Se])=NCCNC(=S)NCCn1cnnc1[S-].CN(C)C([Se])=NCCNC(=S)NCCn1cnnc1[S-].[Au+3]. The monoisotopic (exact) mass is 955 g/mol. The summed E-state index contributed by atoms with van der Waals surface area (Å²) in [6.07, 6.45) is 3.21. The van der Waals surface area contributed by atoms with Gasteiger partial charge < -0.3 is 0 Å². The molecule has 2 aromatic heterocycles. The number of thiocarbonyl (C=S) groups is 2. The number of hydrogen-bond donors (Lipinski definition) is 4. The molecular formula is C20H34AuN14S4Se2+. The van der Waals surface area contributed by atoms with E-state index in [-0.39, 0.29) is 22.4 Å². The van der Waals surface area contributed by atoms with Crippen molar-refractivity contribution >= 4 is 101 Å². The molecule has 0 amide bonds. The number of hydrogen-bond acceptors (Lipinski definition) is 10.